The van der Waals surface area contributed by atoms with Crippen LogP contribution in [0.5, 0.6) is 0 Å². The van der Waals surface area contributed by atoms with E-state index in [0.717, 1.165) is 37.8 Å². The van der Waals surface area contributed by atoms with Gasteiger partial charge in [-0.05, 0) is 57.3 Å². The smallest absolute Gasteiger partial charge is 0.240 e. The van der Waals surface area contributed by atoms with Crippen LogP contribution in [0.3, 0.4) is 0 Å². The second-order valence-electron chi connectivity index (χ2n) is 8.45. The molecule has 0 spiro atoms. The summed E-state index contributed by atoms with van der Waals surface area (Å²) in [7, 11) is 0. The van der Waals surface area contributed by atoms with Crippen molar-refractivity contribution >= 4 is 0 Å². The summed E-state index contributed by atoms with van der Waals surface area (Å²) in [6, 6.07) is 12.0. The van der Waals surface area contributed by atoms with Gasteiger partial charge in [-0.3, -0.25) is 9.80 Å². The molecule has 0 aliphatic carbocycles. The highest BCUT2D eigenvalue weighted by molar-refractivity contribution is 5.24. The summed E-state index contributed by atoms with van der Waals surface area (Å²) in [6.45, 7) is 4.33. The van der Waals surface area contributed by atoms with Crippen molar-refractivity contribution in [1.82, 2.24) is 19.9 Å². The van der Waals surface area contributed by atoms with Gasteiger partial charge in [0.25, 0.3) is 0 Å². The third-order valence-corrected chi connectivity index (χ3v) is 6.74. The lowest BCUT2D eigenvalue weighted by atomic mass is 9.94. The van der Waals surface area contributed by atoms with Gasteiger partial charge in [-0.2, -0.15) is 4.98 Å². The quantitative estimate of drug-likeness (QED) is 0.814. The first-order valence-electron chi connectivity index (χ1n) is 10.7. The second-order valence-corrected chi connectivity index (χ2v) is 8.45. The zero-order chi connectivity index (χ0) is 18.1. The Hall–Kier alpha value is -1.72. The molecule has 4 heterocycles. The number of aromatic nitrogens is 2. The van der Waals surface area contributed by atoms with Crippen molar-refractivity contribution in [1.29, 1.82) is 0 Å². The lowest BCUT2D eigenvalue weighted by Crippen LogP contribution is -2.27. The minimum Gasteiger partial charge on any atom is -0.338 e. The highest BCUT2D eigenvalue weighted by Crippen LogP contribution is 2.48. The first kappa shape index (κ1) is 17.4. The Bertz CT molecular complexity index is 738. The predicted octanol–water partition coefficient (Wildman–Crippen LogP) is 4.14. The molecule has 5 nitrogen and oxygen atoms in total. The van der Waals surface area contributed by atoms with Crippen molar-refractivity contribution in [3.8, 4) is 0 Å². The van der Waals surface area contributed by atoms with Gasteiger partial charge in [0.1, 0.15) is 0 Å². The van der Waals surface area contributed by atoms with Crippen molar-refractivity contribution < 1.29 is 4.52 Å². The SMILES string of the molecule is c1ccc([C@@H]2C[C@H](c3noc(CN4CCCCCC4)n3)[C@H]3CCCN32)cc1. The van der Waals surface area contributed by atoms with Gasteiger partial charge in [0.15, 0.2) is 5.82 Å². The van der Waals surface area contributed by atoms with E-state index in [1.807, 2.05) is 0 Å². The molecule has 0 saturated carbocycles. The van der Waals surface area contributed by atoms with E-state index in [9.17, 15) is 0 Å². The average Bonchev–Trinajstić information content (AvgIpc) is 3.37. The number of fused-ring (bicyclic) bond motifs is 1. The normalized spacial score (nSPS) is 29.7. The van der Waals surface area contributed by atoms with E-state index < -0.39 is 0 Å². The predicted molar refractivity (Wildman–Crippen MR) is 104 cm³/mol. The molecular weight excluding hydrogens is 336 g/mol. The number of benzene rings is 1. The molecule has 3 aliphatic rings. The number of rotatable bonds is 4. The van der Waals surface area contributed by atoms with Crippen molar-refractivity contribution in [3.63, 3.8) is 0 Å². The molecule has 3 aliphatic heterocycles. The van der Waals surface area contributed by atoms with Gasteiger partial charge in [-0.1, -0.05) is 48.3 Å². The summed E-state index contributed by atoms with van der Waals surface area (Å²) in [4.78, 5) is 10.0. The standard InChI is InChI=1S/C22H30N4O/c1-2-7-13-25(12-6-1)16-21-23-22(24-27-21)18-15-20(17-9-4-3-5-10-17)26-14-8-11-19(18)26/h3-5,9-10,18-20H,1-2,6-8,11-16H2/t18-,19+,20-/m0/s1. The molecule has 3 atom stereocenters. The minimum atomic E-state index is 0.402. The van der Waals surface area contributed by atoms with Crippen LogP contribution in [0.25, 0.3) is 0 Å². The molecule has 3 saturated heterocycles. The number of hydrogen-bond acceptors (Lipinski definition) is 5. The molecule has 0 N–H and O–H groups in total. The average molecular weight is 367 g/mol. The molecule has 0 unspecified atom stereocenters. The Morgan fingerprint density at radius 2 is 1.78 bits per heavy atom. The highest BCUT2D eigenvalue weighted by atomic mass is 16.5. The van der Waals surface area contributed by atoms with E-state index in [4.69, 9.17) is 9.51 Å². The molecule has 0 radical (unpaired) electrons. The van der Waals surface area contributed by atoms with Crippen LogP contribution in [0.4, 0.5) is 0 Å². The maximum Gasteiger partial charge on any atom is 0.240 e. The summed E-state index contributed by atoms with van der Waals surface area (Å²) >= 11 is 0. The van der Waals surface area contributed by atoms with E-state index in [0.29, 0.717) is 18.0 Å². The third kappa shape index (κ3) is 3.55. The Morgan fingerprint density at radius 1 is 0.963 bits per heavy atom. The zero-order valence-corrected chi connectivity index (χ0v) is 16.1. The summed E-state index contributed by atoms with van der Waals surface area (Å²) in [5.74, 6) is 2.15. The van der Waals surface area contributed by atoms with Crippen LogP contribution in [-0.2, 0) is 6.54 Å². The highest BCUT2D eigenvalue weighted by Gasteiger charge is 2.46. The van der Waals surface area contributed by atoms with Gasteiger partial charge < -0.3 is 4.52 Å². The third-order valence-electron chi connectivity index (χ3n) is 6.74. The Balaban J connectivity index is 1.32. The number of nitrogens with zero attached hydrogens (tertiary/aromatic N) is 4. The number of likely N-dealkylation sites (tertiary alicyclic amines) is 1. The van der Waals surface area contributed by atoms with Gasteiger partial charge in [-0.15, -0.1) is 0 Å². The molecule has 3 fully saturated rings. The van der Waals surface area contributed by atoms with E-state index in [1.54, 1.807) is 0 Å². The van der Waals surface area contributed by atoms with Crippen LogP contribution in [0.2, 0.25) is 0 Å². The monoisotopic (exact) mass is 366 g/mol. The zero-order valence-electron chi connectivity index (χ0n) is 16.1. The minimum absolute atomic E-state index is 0.402. The second kappa shape index (κ2) is 7.72. The molecule has 2 aromatic rings. The summed E-state index contributed by atoms with van der Waals surface area (Å²) < 4.78 is 5.69. The summed E-state index contributed by atoms with van der Waals surface area (Å²) in [6.07, 6.45) is 8.93. The first-order valence-corrected chi connectivity index (χ1v) is 10.7. The number of hydrogen-bond donors (Lipinski definition) is 0. The van der Waals surface area contributed by atoms with Crippen LogP contribution in [-0.4, -0.2) is 45.6 Å². The molecule has 27 heavy (non-hydrogen) atoms. The Labute approximate surface area is 161 Å². The summed E-state index contributed by atoms with van der Waals surface area (Å²) in [5, 5.41) is 4.44. The van der Waals surface area contributed by atoms with E-state index >= 15 is 0 Å². The fraction of sp³-hybridized carbons (Fsp3) is 0.636. The fourth-order valence-electron chi connectivity index (χ4n) is 5.42. The maximum atomic E-state index is 5.69. The van der Waals surface area contributed by atoms with Crippen LogP contribution in [0.1, 0.15) is 74.2 Å². The molecular formula is C22H30N4O. The van der Waals surface area contributed by atoms with E-state index in [2.05, 4.69) is 45.3 Å². The summed E-state index contributed by atoms with van der Waals surface area (Å²) in [5.41, 5.74) is 1.43. The Morgan fingerprint density at radius 3 is 2.59 bits per heavy atom. The van der Waals surface area contributed by atoms with Crippen molar-refractivity contribution in [3.05, 3.63) is 47.6 Å². The van der Waals surface area contributed by atoms with Crippen molar-refractivity contribution in [2.75, 3.05) is 19.6 Å². The fourth-order valence-corrected chi connectivity index (χ4v) is 5.42. The van der Waals surface area contributed by atoms with Gasteiger partial charge in [0, 0.05) is 18.0 Å². The van der Waals surface area contributed by atoms with E-state index in [1.165, 1.54) is 50.6 Å². The van der Waals surface area contributed by atoms with Gasteiger partial charge >= 0.3 is 0 Å². The molecule has 5 rings (SSSR count). The van der Waals surface area contributed by atoms with Crippen LogP contribution in [0.15, 0.2) is 34.9 Å². The molecule has 0 amide bonds. The molecule has 1 aromatic heterocycles. The van der Waals surface area contributed by atoms with Gasteiger partial charge in [0.05, 0.1) is 6.54 Å². The van der Waals surface area contributed by atoms with Crippen molar-refractivity contribution in [2.45, 2.75) is 69.5 Å². The molecule has 0 bridgehead atoms. The lowest BCUT2D eigenvalue weighted by Gasteiger charge is -2.24. The molecule has 5 heteroatoms. The van der Waals surface area contributed by atoms with Crippen LogP contribution >= 0.6 is 0 Å². The maximum absolute atomic E-state index is 5.69. The largest absolute Gasteiger partial charge is 0.338 e. The van der Waals surface area contributed by atoms with Gasteiger partial charge in [0.2, 0.25) is 5.89 Å². The van der Waals surface area contributed by atoms with Crippen LogP contribution < -0.4 is 0 Å². The van der Waals surface area contributed by atoms with Crippen molar-refractivity contribution in [2.24, 2.45) is 0 Å². The molecule has 1 aromatic carbocycles. The topological polar surface area (TPSA) is 45.4 Å². The lowest BCUT2D eigenvalue weighted by molar-refractivity contribution is 0.232. The van der Waals surface area contributed by atoms with Crippen LogP contribution in [0, 0.1) is 0 Å². The van der Waals surface area contributed by atoms with E-state index in [-0.39, 0.29) is 0 Å². The molecule has 144 valence electrons. The Kier molecular flexibility index (Phi) is 4.97. The van der Waals surface area contributed by atoms with Gasteiger partial charge in [-0.25, -0.2) is 0 Å². The first-order chi connectivity index (χ1) is 13.4.